The Bertz CT molecular complexity index is 703. The average Bonchev–Trinajstić information content (AvgIpc) is 2.48. The maximum absolute atomic E-state index is 12.6. The quantitative estimate of drug-likeness (QED) is 0.916. The van der Waals surface area contributed by atoms with Crippen LogP contribution in [0.2, 0.25) is 5.02 Å². The summed E-state index contributed by atoms with van der Waals surface area (Å²) >= 11 is 5.87. The maximum Gasteiger partial charge on any atom is 0.318 e. The van der Waals surface area contributed by atoms with Crippen molar-refractivity contribution in [3.05, 3.63) is 40.5 Å². The summed E-state index contributed by atoms with van der Waals surface area (Å²) in [5.41, 5.74) is 7.61. The van der Waals surface area contributed by atoms with Crippen molar-refractivity contribution in [2.75, 3.05) is 24.3 Å². The van der Waals surface area contributed by atoms with Crippen molar-refractivity contribution in [3.8, 4) is 6.01 Å². The Labute approximate surface area is 126 Å². The number of carbonyl (C=O) groups is 1. The first-order valence-corrected chi connectivity index (χ1v) is 6.75. The van der Waals surface area contributed by atoms with E-state index in [0.29, 0.717) is 29.2 Å². The molecule has 0 saturated carbocycles. The summed E-state index contributed by atoms with van der Waals surface area (Å²) in [6.07, 6.45) is 0.590. The van der Waals surface area contributed by atoms with E-state index in [9.17, 15) is 4.79 Å². The van der Waals surface area contributed by atoms with Crippen LogP contribution in [-0.4, -0.2) is 29.5 Å². The van der Waals surface area contributed by atoms with Gasteiger partial charge in [0.15, 0.2) is 0 Å². The Kier molecular flexibility index (Phi) is 3.39. The highest BCUT2D eigenvalue weighted by Gasteiger charge is 2.30. The van der Waals surface area contributed by atoms with E-state index in [1.54, 1.807) is 29.2 Å². The molecule has 0 bridgehead atoms. The molecule has 1 amide bonds. The number of halogens is 1. The number of nitrogens with two attached hydrogens (primary N) is 1. The molecular formula is C14H13ClN4O2. The van der Waals surface area contributed by atoms with Gasteiger partial charge in [0.2, 0.25) is 0 Å². The smallest absolute Gasteiger partial charge is 0.318 e. The van der Waals surface area contributed by atoms with Crippen molar-refractivity contribution in [3.63, 3.8) is 0 Å². The van der Waals surface area contributed by atoms with Gasteiger partial charge in [-0.1, -0.05) is 11.6 Å². The third-order valence-electron chi connectivity index (χ3n) is 3.34. The van der Waals surface area contributed by atoms with E-state index in [1.807, 2.05) is 0 Å². The van der Waals surface area contributed by atoms with Gasteiger partial charge in [0.25, 0.3) is 5.91 Å². The number of anilines is 2. The van der Waals surface area contributed by atoms with Gasteiger partial charge in [0, 0.05) is 23.7 Å². The minimum atomic E-state index is -0.210. The van der Waals surface area contributed by atoms with Gasteiger partial charge in [0.05, 0.1) is 12.8 Å². The van der Waals surface area contributed by atoms with Gasteiger partial charge in [-0.25, -0.2) is 0 Å². The van der Waals surface area contributed by atoms with E-state index >= 15 is 0 Å². The van der Waals surface area contributed by atoms with E-state index in [1.165, 1.54) is 7.11 Å². The molecule has 1 aliphatic rings. The molecule has 0 unspecified atom stereocenters. The lowest BCUT2D eigenvalue weighted by atomic mass is 10.0. The first kappa shape index (κ1) is 13.6. The molecule has 2 aromatic rings. The largest absolute Gasteiger partial charge is 0.467 e. The summed E-state index contributed by atoms with van der Waals surface area (Å²) in [5, 5.41) is 0.621. The van der Waals surface area contributed by atoms with Crippen LogP contribution in [0.3, 0.4) is 0 Å². The zero-order chi connectivity index (χ0) is 15.0. The molecule has 1 aromatic carbocycles. The van der Waals surface area contributed by atoms with Crippen molar-refractivity contribution in [1.29, 1.82) is 0 Å². The lowest BCUT2D eigenvalue weighted by Crippen LogP contribution is -2.39. The number of nitrogen functional groups attached to an aromatic ring is 1. The van der Waals surface area contributed by atoms with Gasteiger partial charge in [0.1, 0.15) is 11.4 Å². The number of aromatic nitrogens is 2. The number of fused-ring (bicyclic) bond motifs is 1. The molecule has 6 nitrogen and oxygen atoms in total. The summed E-state index contributed by atoms with van der Waals surface area (Å²) in [7, 11) is 1.46. The number of rotatable bonds is 2. The topological polar surface area (TPSA) is 81.3 Å². The molecule has 0 radical (unpaired) electrons. The van der Waals surface area contributed by atoms with Crippen molar-refractivity contribution < 1.29 is 9.53 Å². The second-order valence-corrected chi connectivity index (χ2v) is 5.04. The molecule has 7 heteroatoms. The Balaban J connectivity index is 2.01. The van der Waals surface area contributed by atoms with Crippen LogP contribution in [0.1, 0.15) is 16.1 Å². The molecule has 21 heavy (non-hydrogen) atoms. The van der Waals surface area contributed by atoms with Crippen LogP contribution in [0.5, 0.6) is 6.01 Å². The molecule has 3 rings (SSSR count). The Hall–Kier alpha value is -2.34. The third-order valence-corrected chi connectivity index (χ3v) is 3.60. The summed E-state index contributed by atoms with van der Waals surface area (Å²) in [6.45, 7) is 0.521. The summed E-state index contributed by atoms with van der Waals surface area (Å²) in [4.78, 5) is 22.4. The van der Waals surface area contributed by atoms with Gasteiger partial charge < -0.3 is 15.4 Å². The number of amides is 1. The second kappa shape index (κ2) is 5.21. The first-order chi connectivity index (χ1) is 10.1. The zero-order valence-electron chi connectivity index (χ0n) is 11.3. The monoisotopic (exact) mass is 304 g/mol. The molecule has 2 N–H and O–H groups in total. The minimum Gasteiger partial charge on any atom is -0.467 e. The highest BCUT2D eigenvalue weighted by atomic mass is 35.5. The molecule has 1 aromatic heterocycles. The number of ether oxygens (including phenoxy) is 1. The van der Waals surface area contributed by atoms with E-state index in [-0.39, 0.29) is 17.7 Å². The van der Waals surface area contributed by atoms with Crippen LogP contribution >= 0.6 is 11.6 Å². The highest BCUT2D eigenvalue weighted by Crippen LogP contribution is 2.28. The van der Waals surface area contributed by atoms with Crippen LogP contribution in [-0.2, 0) is 6.42 Å². The van der Waals surface area contributed by atoms with E-state index in [2.05, 4.69) is 9.97 Å². The third kappa shape index (κ3) is 2.38. The van der Waals surface area contributed by atoms with Gasteiger partial charge in [-0.05, 0) is 24.3 Å². The summed E-state index contributed by atoms with van der Waals surface area (Å²) < 4.78 is 4.98. The van der Waals surface area contributed by atoms with Crippen LogP contribution in [0.4, 0.5) is 11.5 Å². The van der Waals surface area contributed by atoms with Crippen molar-refractivity contribution in [2.45, 2.75) is 6.42 Å². The fourth-order valence-electron chi connectivity index (χ4n) is 2.33. The summed E-state index contributed by atoms with van der Waals surface area (Å²) in [6, 6.07) is 7.26. The number of nitrogens with zero attached hydrogens (tertiary/aromatic N) is 3. The van der Waals surface area contributed by atoms with Crippen LogP contribution in [0.15, 0.2) is 24.3 Å². The Morgan fingerprint density at radius 1 is 1.29 bits per heavy atom. The van der Waals surface area contributed by atoms with Crippen LogP contribution < -0.4 is 15.4 Å². The fraction of sp³-hybridized carbons (Fsp3) is 0.214. The number of hydrogen-bond acceptors (Lipinski definition) is 5. The van der Waals surface area contributed by atoms with Gasteiger partial charge in [-0.15, -0.1) is 0 Å². The molecule has 0 aliphatic carbocycles. The van der Waals surface area contributed by atoms with Crippen molar-refractivity contribution >= 4 is 29.0 Å². The second-order valence-electron chi connectivity index (χ2n) is 4.60. The lowest BCUT2D eigenvalue weighted by molar-refractivity contribution is 0.0980. The summed E-state index contributed by atoms with van der Waals surface area (Å²) in [5.74, 6) is -0.0701. The molecule has 0 atom stereocenters. The molecule has 1 aliphatic heterocycles. The standard InChI is InChI=1S/C14H13ClN4O2/c1-21-14-17-10-6-7-19(9-4-2-8(15)3-5-9)13(20)11(10)12(16)18-14/h2-5H,6-7H2,1H3,(H2,16,17,18). The van der Waals surface area contributed by atoms with E-state index in [4.69, 9.17) is 22.1 Å². The normalized spacial score (nSPS) is 14.0. The fourth-order valence-corrected chi connectivity index (χ4v) is 2.46. The number of methoxy groups -OCH3 is 1. The predicted octanol–water partition coefficient (Wildman–Crippen LogP) is 1.92. The molecule has 0 spiro atoms. The Morgan fingerprint density at radius 2 is 2.00 bits per heavy atom. The van der Waals surface area contributed by atoms with Crippen molar-refractivity contribution in [2.24, 2.45) is 0 Å². The van der Waals surface area contributed by atoms with Crippen LogP contribution in [0.25, 0.3) is 0 Å². The van der Waals surface area contributed by atoms with Gasteiger partial charge in [-0.2, -0.15) is 9.97 Å². The lowest BCUT2D eigenvalue weighted by Gasteiger charge is -2.28. The van der Waals surface area contributed by atoms with Gasteiger partial charge >= 0.3 is 6.01 Å². The van der Waals surface area contributed by atoms with Gasteiger partial charge in [-0.3, -0.25) is 4.79 Å². The SMILES string of the molecule is COc1nc(N)c2c(n1)CCN(c1ccc(Cl)cc1)C2=O. The first-order valence-electron chi connectivity index (χ1n) is 6.38. The zero-order valence-corrected chi connectivity index (χ0v) is 12.1. The minimum absolute atomic E-state index is 0.139. The number of carbonyl (C=O) groups excluding carboxylic acids is 1. The number of hydrogen-bond donors (Lipinski definition) is 1. The van der Waals surface area contributed by atoms with Crippen LogP contribution in [0, 0.1) is 0 Å². The number of benzene rings is 1. The maximum atomic E-state index is 12.6. The van der Waals surface area contributed by atoms with Crippen molar-refractivity contribution in [1.82, 2.24) is 9.97 Å². The van der Waals surface area contributed by atoms with E-state index < -0.39 is 0 Å². The van der Waals surface area contributed by atoms with E-state index in [0.717, 1.165) is 5.69 Å². The Morgan fingerprint density at radius 3 is 2.67 bits per heavy atom. The predicted molar refractivity (Wildman–Crippen MR) is 79.8 cm³/mol. The molecular weight excluding hydrogens is 292 g/mol. The molecule has 108 valence electrons. The molecule has 0 fully saturated rings. The highest BCUT2D eigenvalue weighted by molar-refractivity contribution is 6.30. The average molecular weight is 305 g/mol. The molecule has 0 saturated heterocycles. The molecule has 2 heterocycles.